The molecule has 0 aliphatic carbocycles. The molecule has 0 saturated carbocycles. The zero-order valence-corrected chi connectivity index (χ0v) is 14.5. The molecule has 0 bridgehead atoms. The van der Waals surface area contributed by atoms with Crippen LogP contribution in [0.5, 0.6) is 0 Å². The van der Waals surface area contributed by atoms with Crippen molar-refractivity contribution in [2.45, 2.75) is 50.6 Å². The first-order chi connectivity index (χ1) is 11.8. The standard InChI is InChI=1S/C17H25F2N3O3/c1-2-3-13-10-14(20-25-13)15(23)22-9-4-16(24,12-22)11-21-7-5-17(18,19)6-8-21/h10,24H,2-9,11-12H2,1H3. The van der Waals surface area contributed by atoms with Crippen LogP contribution in [0.15, 0.2) is 10.6 Å². The number of nitrogens with zero attached hydrogens (tertiary/aromatic N) is 3. The van der Waals surface area contributed by atoms with E-state index in [9.17, 15) is 18.7 Å². The predicted molar refractivity (Wildman–Crippen MR) is 86.6 cm³/mol. The third-order valence-corrected chi connectivity index (χ3v) is 5.00. The molecule has 3 rings (SSSR count). The number of hydrogen-bond acceptors (Lipinski definition) is 5. The molecule has 1 N–H and O–H groups in total. The van der Waals surface area contributed by atoms with Crippen LogP contribution in [-0.2, 0) is 6.42 Å². The van der Waals surface area contributed by atoms with Gasteiger partial charge < -0.3 is 14.5 Å². The van der Waals surface area contributed by atoms with Crippen LogP contribution in [0, 0.1) is 0 Å². The minimum Gasteiger partial charge on any atom is -0.387 e. The minimum atomic E-state index is -2.60. The quantitative estimate of drug-likeness (QED) is 0.872. The molecule has 8 heteroatoms. The van der Waals surface area contributed by atoms with Crippen LogP contribution in [0.3, 0.4) is 0 Å². The van der Waals surface area contributed by atoms with Crippen LogP contribution in [-0.4, -0.2) is 70.2 Å². The van der Waals surface area contributed by atoms with Crippen molar-refractivity contribution in [3.8, 4) is 0 Å². The molecule has 25 heavy (non-hydrogen) atoms. The first kappa shape index (κ1) is 18.3. The summed E-state index contributed by atoms with van der Waals surface area (Å²) in [5.41, 5.74) is -0.802. The van der Waals surface area contributed by atoms with Crippen molar-refractivity contribution in [1.29, 1.82) is 0 Å². The van der Waals surface area contributed by atoms with E-state index in [0.717, 1.165) is 12.8 Å². The highest BCUT2D eigenvalue weighted by molar-refractivity contribution is 5.92. The largest absolute Gasteiger partial charge is 0.387 e. The fraction of sp³-hybridized carbons (Fsp3) is 0.765. The highest BCUT2D eigenvalue weighted by Crippen LogP contribution is 2.30. The summed E-state index contributed by atoms with van der Waals surface area (Å²) >= 11 is 0. The maximum Gasteiger partial charge on any atom is 0.276 e. The number of aromatic nitrogens is 1. The maximum atomic E-state index is 13.2. The molecule has 2 aliphatic rings. The van der Waals surface area contributed by atoms with Crippen LogP contribution in [0.2, 0.25) is 0 Å². The molecule has 0 radical (unpaired) electrons. The fourth-order valence-electron chi connectivity index (χ4n) is 3.55. The molecule has 0 aromatic carbocycles. The molecule has 2 fully saturated rings. The number of rotatable bonds is 5. The van der Waals surface area contributed by atoms with E-state index in [4.69, 9.17) is 4.52 Å². The van der Waals surface area contributed by atoms with Crippen molar-refractivity contribution >= 4 is 5.91 Å². The Balaban J connectivity index is 1.55. The van der Waals surface area contributed by atoms with Crippen LogP contribution in [0.4, 0.5) is 8.78 Å². The van der Waals surface area contributed by atoms with Crippen molar-refractivity contribution in [1.82, 2.24) is 15.0 Å². The molecule has 1 atom stereocenters. The number of likely N-dealkylation sites (tertiary alicyclic amines) is 2. The van der Waals surface area contributed by atoms with Gasteiger partial charge in [0.2, 0.25) is 0 Å². The Hall–Kier alpha value is -1.54. The number of halogens is 2. The van der Waals surface area contributed by atoms with Gasteiger partial charge in [0.25, 0.3) is 11.8 Å². The van der Waals surface area contributed by atoms with Crippen LogP contribution in [0.25, 0.3) is 0 Å². The van der Waals surface area contributed by atoms with E-state index in [1.807, 2.05) is 11.8 Å². The van der Waals surface area contributed by atoms with Gasteiger partial charge in [-0.1, -0.05) is 12.1 Å². The maximum absolute atomic E-state index is 13.2. The van der Waals surface area contributed by atoms with E-state index in [1.165, 1.54) is 0 Å². The molecule has 0 spiro atoms. The molecular weight excluding hydrogens is 332 g/mol. The Bertz CT molecular complexity index is 612. The molecule has 2 aliphatic heterocycles. The number of aliphatic hydroxyl groups is 1. The fourth-order valence-corrected chi connectivity index (χ4v) is 3.55. The summed E-state index contributed by atoms with van der Waals surface area (Å²) in [6, 6.07) is 1.65. The summed E-state index contributed by atoms with van der Waals surface area (Å²) in [6.45, 7) is 3.48. The zero-order chi connectivity index (χ0) is 18.1. The lowest BCUT2D eigenvalue weighted by Crippen LogP contribution is -2.49. The van der Waals surface area contributed by atoms with E-state index in [0.29, 0.717) is 25.3 Å². The second-order valence-corrected chi connectivity index (χ2v) is 7.26. The number of hydrogen-bond donors (Lipinski definition) is 1. The SMILES string of the molecule is CCCc1cc(C(=O)N2CCC(O)(CN3CCC(F)(F)CC3)C2)no1. The first-order valence-electron chi connectivity index (χ1n) is 8.88. The van der Waals surface area contributed by atoms with E-state index >= 15 is 0 Å². The van der Waals surface area contributed by atoms with E-state index < -0.39 is 11.5 Å². The Morgan fingerprint density at radius 2 is 2.04 bits per heavy atom. The van der Waals surface area contributed by atoms with Gasteiger partial charge in [0, 0.05) is 51.5 Å². The van der Waals surface area contributed by atoms with Gasteiger partial charge in [-0.15, -0.1) is 0 Å². The minimum absolute atomic E-state index is 0.176. The summed E-state index contributed by atoms with van der Waals surface area (Å²) in [6.07, 6.45) is 1.71. The topological polar surface area (TPSA) is 69.8 Å². The number of aryl methyl sites for hydroxylation is 1. The molecule has 1 unspecified atom stereocenters. The summed E-state index contributed by atoms with van der Waals surface area (Å²) in [5, 5.41) is 14.6. The Morgan fingerprint density at radius 3 is 2.72 bits per heavy atom. The highest BCUT2D eigenvalue weighted by Gasteiger charge is 2.42. The van der Waals surface area contributed by atoms with Gasteiger partial charge in [0.1, 0.15) is 5.76 Å². The second kappa shape index (κ2) is 6.99. The van der Waals surface area contributed by atoms with Gasteiger partial charge in [0.15, 0.2) is 5.69 Å². The third-order valence-electron chi connectivity index (χ3n) is 5.00. The smallest absolute Gasteiger partial charge is 0.276 e. The van der Waals surface area contributed by atoms with Crippen LogP contribution >= 0.6 is 0 Å². The van der Waals surface area contributed by atoms with Gasteiger partial charge >= 0.3 is 0 Å². The van der Waals surface area contributed by atoms with Crippen molar-refractivity contribution < 1.29 is 23.2 Å². The van der Waals surface area contributed by atoms with E-state index in [-0.39, 0.29) is 44.1 Å². The predicted octanol–water partition coefficient (Wildman–Crippen LogP) is 1.94. The van der Waals surface area contributed by atoms with E-state index in [1.54, 1.807) is 11.0 Å². The molecular formula is C17H25F2N3O3. The van der Waals surface area contributed by atoms with Crippen LogP contribution in [0.1, 0.15) is 48.9 Å². The Labute approximate surface area is 145 Å². The molecule has 6 nitrogen and oxygen atoms in total. The number of alkyl halides is 2. The highest BCUT2D eigenvalue weighted by atomic mass is 19.3. The molecule has 140 valence electrons. The van der Waals surface area contributed by atoms with Gasteiger partial charge in [-0.2, -0.15) is 0 Å². The Morgan fingerprint density at radius 1 is 1.32 bits per heavy atom. The summed E-state index contributed by atoms with van der Waals surface area (Å²) < 4.78 is 31.6. The monoisotopic (exact) mass is 357 g/mol. The van der Waals surface area contributed by atoms with Gasteiger partial charge in [-0.25, -0.2) is 8.78 Å². The molecule has 1 aromatic heterocycles. The number of carbonyl (C=O) groups excluding carboxylic acids is 1. The average molecular weight is 357 g/mol. The molecule has 3 heterocycles. The van der Waals surface area contributed by atoms with E-state index in [2.05, 4.69) is 5.16 Å². The molecule has 2 saturated heterocycles. The zero-order valence-electron chi connectivity index (χ0n) is 14.5. The van der Waals surface area contributed by atoms with Crippen molar-refractivity contribution in [3.05, 3.63) is 17.5 Å². The molecule has 1 amide bonds. The summed E-state index contributed by atoms with van der Waals surface area (Å²) in [4.78, 5) is 15.9. The lowest BCUT2D eigenvalue weighted by Gasteiger charge is -2.36. The summed E-state index contributed by atoms with van der Waals surface area (Å²) in [7, 11) is 0. The van der Waals surface area contributed by atoms with Crippen molar-refractivity contribution in [3.63, 3.8) is 0 Å². The lowest BCUT2D eigenvalue weighted by atomic mass is 10.00. The normalized spacial score (nSPS) is 27.0. The number of β-amino-alcohol motifs (C(OH)–C–C–N with tert-alkyl or cyclic N) is 1. The first-order valence-corrected chi connectivity index (χ1v) is 8.88. The Kier molecular flexibility index (Phi) is 5.11. The van der Waals surface area contributed by atoms with Crippen molar-refractivity contribution in [2.24, 2.45) is 0 Å². The second-order valence-electron chi connectivity index (χ2n) is 7.26. The average Bonchev–Trinajstić information content (AvgIpc) is 3.17. The number of amides is 1. The third kappa shape index (κ3) is 4.36. The van der Waals surface area contributed by atoms with Gasteiger partial charge in [-0.05, 0) is 12.8 Å². The van der Waals surface area contributed by atoms with Crippen LogP contribution < -0.4 is 0 Å². The lowest BCUT2D eigenvalue weighted by molar-refractivity contribution is -0.0720. The number of carbonyl (C=O) groups is 1. The van der Waals surface area contributed by atoms with Gasteiger partial charge in [0.05, 0.1) is 12.1 Å². The molecule has 1 aromatic rings. The van der Waals surface area contributed by atoms with Gasteiger partial charge in [-0.3, -0.25) is 9.69 Å². The summed E-state index contributed by atoms with van der Waals surface area (Å²) in [5.74, 6) is -2.18. The number of piperidine rings is 1. The van der Waals surface area contributed by atoms with Crippen molar-refractivity contribution in [2.75, 3.05) is 32.7 Å².